The number of benzene rings is 1. The zero-order chi connectivity index (χ0) is 20.2. The van der Waals surface area contributed by atoms with Gasteiger partial charge < -0.3 is 15.1 Å². The lowest BCUT2D eigenvalue weighted by atomic mass is 10.1. The summed E-state index contributed by atoms with van der Waals surface area (Å²) < 4.78 is 0. The molecule has 4 rings (SSSR count). The van der Waals surface area contributed by atoms with Crippen LogP contribution in [0.5, 0.6) is 0 Å². The fourth-order valence-electron chi connectivity index (χ4n) is 3.73. The van der Waals surface area contributed by atoms with E-state index in [1.54, 1.807) is 29.3 Å². The molecule has 0 spiro atoms. The van der Waals surface area contributed by atoms with Crippen LogP contribution in [0.3, 0.4) is 0 Å². The fraction of sp³-hybridized carbons (Fsp3) is 0.400. The third-order valence-electron chi connectivity index (χ3n) is 5.15. The molecule has 2 aliphatic rings. The van der Waals surface area contributed by atoms with E-state index in [1.165, 1.54) is 0 Å². The van der Waals surface area contributed by atoms with Crippen LogP contribution in [0.15, 0.2) is 30.3 Å². The number of carbonyl (C=O) groups excluding carboxylic acids is 1. The Balaban J connectivity index is 1.52. The highest BCUT2D eigenvalue weighted by atomic mass is 35.5. The molecule has 1 N–H and O–H groups in total. The van der Waals surface area contributed by atoms with Gasteiger partial charge in [0.1, 0.15) is 5.82 Å². The van der Waals surface area contributed by atoms with Crippen LogP contribution in [0.1, 0.15) is 28.0 Å². The van der Waals surface area contributed by atoms with E-state index < -0.39 is 5.97 Å². The topological polar surface area (TPSA) is 94.4 Å². The molecular formula is C20H21ClN6O2. The van der Waals surface area contributed by atoms with E-state index in [9.17, 15) is 10.1 Å². The normalized spacial score (nSPS) is 19.3. The number of hydroxylamine groups is 2. The number of aromatic nitrogens is 2. The standard InChI is InChI=1S/C20H21ClN6O2/c21-20-24-17-12-23-9-7-16(17)18(25-20)26-10-11-27(15(13-26)6-8-22)29-19(28)14-4-2-1-3-5-14/h1-5,15,23H,6-7,9-13H2. The molecule has 0 bridgehead atoms. The highest BCUT2D eigenvalue weighted by molar-refractivity contribution is 6.28. The van der Waals surface area contributed by atoms with Crippen molar-refractivity contribution in [3.8, 4) is 6.07 Å². The zero-order valence-corrected chi connectivity index (χ0v) is 16.6. The molecule has 150 valence electrons. The summed E-state index contributed by atoms with van der Waals surface area (Å²) in [5, 5.41) is 14.4. The number of hydrogen-bond donors (Lipinski definition) is 1. The molecule has 0 aliphatic carbocycles. The van der Waals surface area contributed by atoms with Gasteiger partial charge in [0.05, 0.1) is 36.3 Å². The van der Waals surface area contributed by atoms with Gasteiger partial charge in [0.15, 0.2) is 0 Å². The van der Waals surface area contributed by atoms with Crippen molar-refractivity contribution in [1.29, 1.82) is 5.26 Å². The number of nitrogens with zero attached hydrogens (tertiary/aromatic N) is 5. The quantitative estimate of drug-likeness (QED) is 0.761. The molecule has 1 atom stereocenters. The van der Waals surface area contributed by atoms with Crippen molar-refractivity contribution in [2.75, 3.05) is 31.1 Å². The first-order chi connectivity index (χ1) is 14.2. The molecule has 0 amide bonds. The van der Waals surface area contributed by atoms with Gasteiger partial charge in [-0.2, -0.15) is 5.26 Å². The van der Waals surface area contributed by atoms with Crippen molar-refractivity contribution in [2.45, 2.75) is 25.4 Å². The number of halogens is 1. The van der Waals surface area contributed by atoms with E-state index in [4.69, 9.17) is 16.4 Å². The van der Waals surface area contributed by atoms with Gasteiger partial charge in [-0.05, 0) is 36.7 Å². The first-order valence-electron chi connectivity index (χ1n) is 9.57. The van der Waals surface area contributed by atoms with E-state index in [1.807, 2.05) is 6.07 Å². The lowest BCUT2D eigenvalue weighted by Gasteiger charge is -2.40. The molecule has 1 unspecified atom stereocenters. The number of carbonyl (C=O) groups is 1. The van der Waals surface area contributed by atoms with Crippen molar-refractivity contribution >= 4 is 23.4 Å². The highest BCUT2D eigenvalue weighted by Crippen LogP contribution is 2.28. The minimum absolute atomic E-state index is 0.220. The molecule has 2 aliphatic heterocycles. The van der Waals surface area contributed by atoms with Gasteiger partial charge in [0, 0.05) is 25.2 Å². The molecule has 1 fully saturated rings. The summed E-state index contributed by atoms with van der Waals surface area (Å²) in [5.41, 5.74) is 2.49. The number of hydrogen-bond acceptors (Lipinski definition) is 8. The van der Waals surface area contributed by atoms with Crippen molar-refractivity contribution in [1.82, 2.24) is 20.3 Å². The van der Waals surface area contributed by atoms with Crippen LogP contribution in [-0.4, -0.2) is 53.2 Å². The van der Waals surface area contributed by atoms with Gasteiger partial charge in [0.25, 0.3) is 0 Å². The maximum atomic E-state index is 12.4. The molecule has 9 heteroatoms. The first kappa shape index (κ1) is 19.6. The third-order valence-corrected chi connectivity index (χ3v) is 5.32. The molecular weight excluding hydrogens is 392 g/mol. The van der Waals surface area contributed by atoms with Crippen molar-refractivity contribution < 1.29 is 9.63 Å². The third kappa shape index (κ3) is 4.32. The van der Waals surface area contributed by atoms with Gasteiger partial charge in [-0.3, -0.25) is 0 Å². The number of rotatable bonds is 4. The Morgan fingerprint density at radius 2 is 2.14 bits per heavy atom. The van der Waals surface area contributed by atoms with E-state index in [0.717, 1.165) is 30.0 Å². The van der Waals surface area contributed by atoms with Crippen LogP contribution in [-0.2, 0) is 17.8 Å². The maximum absolute atomic E-state index is 12.4. The predicted octanol–water partition coefficient (Wildman–Crippen LogP) is 1.95. The maximum Gasteiger partial charge on any atom is 0.357 e. The van der Waals surface area contributed by atoms with E-state index in [-0.39, 0.29) is 17.7 Å². The van der Waals surface area contributed by atoms with Crippen LogP contribution in [0.4, 0.5) is 5.82 Å². The molecule has 3 heterocycles. The predicted molar refractivity (Wildman–Crippen MR) is 107 cm³/mol. The van der Waals surface area contributed by atoms with Crippen LogP contribution in [0.25, 0.3) is 0 Å². The Morgan fingerprint density at radius 1 is 1.31 bits per heavy atom. The summed E-state index contributed by atoms with van der Waals surface area (Å²) in [6.45, 7) is 3.13. The Labute approximate surface area is 174 Å². The van der Waals surface area contributed by atoms with Crippen molar-refractivity contribution in [3.05, 3.63) is 52.4 Å². The fourth-order valence-corrected chi connectivity index (χ4v) is 3.91. The Bertz CT molecular complexity index is 933. The first-order valence-corrected chi connectivity index (χ1v) is 9.95. The summed E-state index contributed by atoms with van der Waals surface area (Å²) in [6.07, 6.45) is 1.06. The number of piperazine rings is 1. The number of fused-ring (bicyclic) bond motifs is 1. The minimum atomic E-state index is -0.421. The number of nitriles is 1. The van der Waals surface area contributed by atoms with Crippen LogP contribution < -0.4 is 10.2 Å². The summed E-state index contributed by atoms with van der Waals surface area (Å²) in [7, 11) is 0. The largest absolute Gasteiger partial charge is 0.363 e. The lowest BCUT2D eigenvalue weighted by Crippen LogP contribution is -2.54. The van der Waals surface area contributed by atoms with Gasteiger partial charge in [0.2, 0.25) is 5.28 Å². The van der Waals surface area contributed by atoms with Gasteiger partial charge >= 0.3 is 5.97 Å². The van der Waals surface area contributed by atoms with E-state index in [2.05, 4.69) is 26.3 Å². The summed E-state index contributed by atoms with van der Waals surface area (Å²) in [6, 6.07) is 10.8. The van der Waals surface area contributed by atoms with Crippen molar-refractivity contribution in [2.24, 2.45) is 0 Å². The molecule has 2 aromatic rings. The van der Waals surface area contributed by atoms with E-state index >= 15 is 0 Å². The second kappa shape index (κ2) is 8.74. The lowest BCUT2D eigenvalue weighted by molar-refractivity contribution is -0.140. The minimum Gasteiger partial charge on any atom is -0.363 e. The molecule has 8 nitrogen and oxygen atoms in total. The van der Waals surface area contributed by atoms with E-state index in [0.29, 0.717) is 31.7 Å². The van der Waals surface area contributed by atoms with Crippen LogP contribution in [0, 0.1) is 11.3 Å². The second-order valence-corrected chi connectivity index (χ2v) is 7.35. The molecule has 0 radical (unpaired) electrons. The average molecular weight is 413 g/mol. The zero-order valence-electron chi connectivity index (χ0n) is 15.8. The average Bonchev–Trinajstić information content (AvgIpc) is 2.75. The van der Waals surface area contributed by atoms with Gasteiger partial charge in [-0.25, -0.2) is 14.8 Å². The number of nitrogens with one attached hydrogen (secondary N) is 1. The Hall–Kier alpha value is -2.73. The molecule has 29 heavy (non-hydrogen) atoms. The SMILES string of the molecule is N#CCC1CN(c2nc(Cl)nc3c2CCNC3)CCN1OC(=O)c1ccccc1. The smallest absolute Gasteiger partial charge is 0.357 e. The molecule has 0 saturated carbocycles. The Kier molecular flexibility index (Phi) is 5.90. The number of anilines is 1. The monoisotopic (exact) mass is 412 g/mol. The molecule has 1 saturated heterocycles. The Morgan fingerprint density at radius 3 is 2.93 bits per heavy atom. The van der Waals surface area contributed by atoms with Crippen LogP contribution in [0.2, 0.25) is 5.28 Å². The summed E-state index contributed by atoms with van der Waals surface area (Å²) in [4.78, 5) is 29.0. The second-order valence-electron chi connectivity index (χ2n) is 7.02. The van der Waals surface area contributed by atoms with Gasteiger partial charge in [-0.15, -0.1) is 5.06 Å². The van der Waals surface area contributed by atoms with Gasteiger partial charge in [-0.1, -0.05) is 18.2 Å². The molecule has 1 aromatic heterocycles. The summed E-state index contributed by atoms with van der Waals surface area (Å²) in [5.74, 6) is 0.397. The van der Waals surface area contributed by atoms with Crippen LogP contribution >= 0.6 is 11.6 Å². The summed E-state index contributed by atoms with van der Waals surface area (Å²) >= 11 is 6.16. The van der Waals surface area contributed by atoms with Crippen molar-refractivity contribution in [3.63, 3.8) is 0 Å². The molecule has 1 aromatic carbocycles. The highest BCUT2D eigenvalue weighted by Gasteiger charge is 2.33.